The summed E-state index contributed by atoms with van der Waals surface area (Å²) < 4.78 is 5.84. The van der Waals surface area contributed by atoms with Crippen LogP contribution >= 0.6 is 0 Å². The Labute approximate surface area is 179 Å². The minimum Gasteiger partial charge on any atom is -0.414 e. The van der Waals surface area contributed by atoms with Crippen LogP contribution in [0.1, 0.15) is 15.9 Å². The molecule has 8 nitrogen and oxygen atoms in total. The van der Waals surface area contributed by atoms with Gasteiger partial charge in [-0.25, -0.2) is 9.97 Å². The quantitative estimate of drug-likeness (QED) is 0.531. The second-order valence-electron chi connectivity index (χ2n) is 6.97. The number of nitrogen functional groups attached to an aromatic ring is 1. The highest BCUT2D eigenvalue weighted by Gasteiger charge is 2.18. The van der Waals surface area contributed by atoms with Crippen molar-refractivity contribution in [2.75, 3.05) is 19.8 Å². The smallest absolute Gasteiger partial charge is 0.270 e. The third-order valence-corrected chi connectivity index (χ3v) is 4.67. The molecule has 0 aliphatic rings. The van der Waals surface area contributed by atoms with Gasteiger partial charge in [-0.3, -0.25) is 4.79 Å². The zero-order chi connectivity index (χ0) is 22.0. The van der Waals surface area contributed by atoms with E-state index < -0.39 is 0 Å². The molecule has 4 aromatic rings. The summed E-state index contributed by atoms with van der Waals surface area (Å²) in [7, 11) is 3.42. The van der Waals surface area contributed by atoms with Crippen LogP contribution in [0.2, 0.25) is 0 Å². The minimum absolute atomic E-state index is 0.0752. The Hall–Kier alpha value is -4.33. The summed E-state index contributed by atoms with van der Waals surface area (Å²) in [6.45, 7) is 3.81. The zero-order valence-corrected chi connectivity index (χ0v) is 17.1. The van der Waals surface area contributed by atoms with E-state index in [1.54, 1.807) is 50.6 Å². The van der Waals surface area contributed by atoms with Crippen LogP contribution in [0.25, 0.3) is 40.4 Å². The van der Waals surface area contributed by atoms with Gasteiger partial charge in [-0.1, -0.05) is 43.0 Å². The van der Waals surface area contributed by atoms with Crippen LogP contribution in [0.5, 0.6) is 0 Å². The summed E-state index contributed by atoms with van der Waals surface area (Å²) in [4.78, 5) is 22.4. The lowest BCUT2D eigenvalue weighted by molar-refractivity contribution is 0.0827. The summed E-state index contributed by atoms with van der Waals surface area (Å²) in [6.07, 6.45) is 3.28. The van der Waals surface area contributed by atoms with Gasteiger partial charge < -0.3 is 15.1 Å². The fourth-order valence-electron chi connectivity index (χ4n) is 3.03. The highest BCUT2D eigenvalue weighted by molar-refractivity contribution is 5.94. The molecular formula is C23H20N6O2. The predicted octanol–water partition coefficient (Wildman–Crippen LogP) is 3.79. The standard InChI is InChI=1S/C23H20N6O2/c1-4-14-7-5-6-8-17(14)21-27-28-22(31-21)19-20(24)25-13-18(26-19)15-9-11-16(12-10-15)23(30)29(2)3/h4-13H,1H2,2-3H3,(H2,24,25). The third-order valence-electron chi connectivity index (χ3n) is 4.67. The molecule has 2 heterocycles. The molecule has 0 aliphatic carbocycles. The number of carbonyl (C=O) groups excluding carboxylic acids is 1. The van der Waals surface area contributed by atoms with Gasteiger partial charge in [0.1, 0.15) is 0 Å². The molecular weight excluding hydrogens is 392 g/mol. The Kier molecular flexibility index (Phi) is 5.28. The normalized spacial score (nSPS) is 10.6. The van der Waals surface area contributed by atoms with Crippen LogP contribution in [-0.2, 0) is 0 Å². The zero-order valence-electron chi connectivity index (χ0n) is 17.1. The Morgan fingerprint density at radius 2 is 1.77 bits per heavy atom. The van der Waals surface area contributed by atoms with E-state index in [9.17, 15) is 4.79 Å². The van der Waals surface area contributed by atoms with Gasteiger partial charge in [-0.15, -0.1) is 10.2 Å². The first-order chi connectivity index (χ1) is 15.0. The van der Waals surface area contributed by atoms with Crippen molar-refractivity contribution in [2.24, 2.45) is 0 Å². The lowest BCUT2D eigenvalue weighted by Crippen LogP contribution is -2.21. The number of benzene rings is 2. The van der Waals surface area contributed by atoms with Gasteiger partial charge in [0.2, 0.25) is 5.89 Å². The number of rotatable bonds is 5. The number of anilines is 1. The SMILES string of the molecule is C=Cc1ccccc1-c1nnc(-c2nc(-c3ccc(C(=O)N(C)C)cc3)cnc2N)o1. The number of nitrogens with two attached hydrogens (primary N) is 1. The van der Waals surface area contributed by atoms with E-state index in [4.69, 9.17) is 10.2 Å². The average Bonchev–Trinajstić information content (AvgIpc) is 3.29. The molecule has 0 spiro atoms. The Morgan fingerprint density at radius 3 is 2.48 bits per heavy atom. The highest BCUT2D eigenvalue weighted by atomic mass is 16.4. The maximum Gasteiger partial charge on any atom is 0.270 e. The van der Waals surface area contributed by atoms with Gasteiger partial charge in [0.15, 0.2) is 11.5 Å². The Bertz CT molecular complexity index is 1260. The average molecular weight is 412 g/mol. The molecule has 0 fully saturated rings. The molecule has 0 unspecified atom stereocenters. The molecule has 0 aliphatic heterocycles. The van der Waals surface area contributed by atoms with E-state index in [1.807, 2.05) is 24.3 Å². The molecule has 0 bridgehead atoms. The number of nitrogens with zero attached hydrogens (tertiary/aromatic N) is 5. The number of hydrogen-bond acceptors (Lipinski definition) is 7. The first-order valence-corrected chi connectivity index (χ1v) is 9.48. The predicted molar refractivity (Wildman–Crippen MR) is 119 cm³/mol. The lowest BCUT2D eigenvalue weighted by Gasteiger charge is -2.10. The fraction of sp³-hybridized carbons (Fsp3) is 0.0870. The molecule has 2 aromatic carbocycles. The first kappa shape index (κ1) is 20.0. The molecule has 0 saturated heterocycles. The van der Waals surface area contributed by atoms with E-state index in [0.717, 1.165) is 16.7 Å². The van der Waals surface area contributed by atoms with Crippen molar-refractivity contribution >= 4 is 17.8 Å². The highest BCUT2D eigenvalue weighted by Crippen LogP contribution is 2.29. The Morgan fingerprint density at radius 1 is 1.06 bits per heavy atom. The summed E-state index contributed by atoms with van der Waals surface area (Å²) in [5, 5.41) is 8.24. The van der Waals surface area contributed by atoms with Crippen LogP contribution in [-0.4, -0.2) is 45.1 Å². The molecule has 1 amide bonds. The van der Waals surface area contributed by atoms with Crippen molar-refractivity contribution in [3.05, 3.63) is 72.4 Å². The maximum atomic E-state index is 12.1. The van der Waals surface area contributed by atoms with E-state index in [-0.39, 0.29) is 17.6 Å². The lowest BCUT2D eigenvalue weighted by atomic mass is 10.1. The third kappa shape index (κ3) is 3.91. The minimum atomic E-state index is -0.0752. The van der Waals surface area contributed by atoms with E-state index in [2.05, 4.69) is 26.7 Å². The van der Waals surface area contributed by atoms with Gasteiger partial charge in [-0.05, 0) is 23.8 Å². The Balaban J connectivity index is 1.69. The molecule has 0 radical (unpaired) electrons. The second kappa shape index (κ2) is 8.19. The van der Waals surface area contributed by atoms with Crippen molar-refractivity contribution in [1.82, 2.24) is 25.1 Å². The monoisotopic (exact) mass is 412 g/mol. The van der Waals surface area contributed by atoms with Crippen LogP contribution < -0.4 is 5.73 Å². The molecule has 2 N–H and O–H groups in total. The number of amides is 1. The molecule has 0 atom stereocenters. The van der Waals surface area contributed by atoms with Crippen LogP contribution in [0.15, 0.2) is 65.7 Å². The molecule has 154 valence electrons. The van der Waals surface area contributed by atoms with Crippen molar-refractivity contribution in [3.8, 4) is 34.3 Å². The molecule has 8 heteroatoms. The van der Waals surface area contributed by atoms with Gasteiger partial charge >= 0.3 is 0 Å². The largest absolute Gasteiger partial charge is 0.414 e. The van der Waals surface area contributed by atoms with Crippen LogP contribution in [0, 0.1) is 0 Å². The van der Waals surface area contributed by atoms with Crippen molar-refractivity contribution in [2.45, 2.75) is 0 Å². The molecule has 4 rings (SSSR count). The van der Waals surface area contributed by atoms with Gasteiger partial charge in [0.25, 0.3) is 11.8 Å². The summed E-state index contributed by atoms with van der Waals surface area (Å²) >= 11 is 0. The van der Waals surface area contributed by atoms with Gasteiger partial charge in [0, 0.05) is 30.8 Å². The number of aromatic nitrogens is 4. The van der Waals surface area contributed by atoms with E-state index >= 15 is 0 Å². The van der Waals surface area contributed by atoms with Crippen molar-refractivity contribution in [3.63, 3.8) is 0 Å². The maximum absolute atomic E-state index is 12.1. The van der Waals surface area contributed by atoms with E-state index in [0.29, 0.717) is 22.8 Å². The summed E-state index contributed by atoms with van der Waals surface area (Å²) in [5.74, 6) is 0.605. The molecule has 31 heavy (non-hydrogen) atoms. The second-order valence-corrected chi connectivity index (χ2v) is 6.97. The molecule has 2 aromatic heterocycles. The van der Waals surface area contributed by atoms with Crippen molar-refractivity contribution in [1.29, 1.82) is 0 Å². The van der Waals surface area contributed by atoms with Crippen LogP contribution in [0.3, 0.4) is 0 Å². The first-order valence-electron chi connectivity index (χ1n) is 9.48. The summed E-state index contributed by atoms with van der Waals surface area (Å²) in [5.41, 5.74) is 9.89. The molecule has 0 saturated carbocycles. The van der Waals surface area contributed by atoms with Gasteiger partial charge in [0.05, 0.1) is 11.9 Å². The number of carbonyl (C=O) groups is 1. The van der Waals surface area contributed by atoms with Gasteiger partial charge in [-0.2, -0.15) is 0 Å². The fourth-order valence-corrected chi connectivity index (χ4v) is 3.03. The van der Waals surface area contributed by atoms with E-state index in [1.165, 1.54) is 4.90 Å². The van der Waals surface area contributed by atoms with Crippen molar-refractivity contribution < 1.29 is 9.21 Å². The topological polar surface area (TPSA) is 111 Å². The number of hydrogen-bond donors (Lipinski definition) is 1. The van der Waals surface area contributed by atoms with Crippen LogP contribution in [0.4, 0.5) is 5.82 Å². The summed E-state index contributed by atoms with van der Waals surface area (Å²) in [6, 6.07) is 14.7.